The van der Waals surface area contributed by atoms with Crippen molar-refractivity contribution in [3.63, 3.8) is 0 Å². The van der Waals surface area contributed by atoms with Gasteiger partial charge >= 0.3 is 6.18 Å². The fourth-order valence-electron chi connectivity index (χ4n) is 1.67. The molecule has 2 nitrogen and oxygen atoms in total. The van der Waals surface area contributed by atoms with Crippen LogP contribution in [0.2, 0.25) is 0 Å². The van der Waals surface area contributed by atoms with E-state index in [4.69, 9.17) is 5.73 Å². The molecule has 0 fully saturated rings. The molecule has 0 radical (unpaired) electrons. The van der Waals surface area contributed by atoms with Crippen molar-refractivity contribution < 1.29 is 22.0 Å². The number of benzene rings is 1. The van der Waals surface area contributed by atoms with E-state index in [1.165, 1.54) is 0 Å². The quantitative estimate of drug-likeness (QED) is 0.860. The first-order valence-corrected chi connectivity index (χ1v) is 5.52. The van der Waals surface area contributed by atoms with Crippen molar-refractivity contribution >= 4 is 0 Å². The van der Waals surface area contributed by atoms with Crippen LogP contribution in [0.5, 0.6) is 0 Å². The van der Waals surface area contributed by atoms with Crippen LogP contribution in [-0.2, 0) is 6.18 Å². The molecular formula is C13H9F5N2. The van der Waals surface area contributed by atoms with Crippen LogP contribution in [0.15, 0.2) is 36.5 Å². The van der Waals surface area contributed by atoms with Gasteiger partial charge in [-0.25, -0.2) is 8.78 Å². The lowest BCUT2D eigenvalue weighted by molar-refractivity contribution is -0.137. The number of rotatable bonds is 2. The Labute approximate surface area is 111 Å². The number of nitrogens with two attached hydrogens (primary N) is 1. The maximum atomic E-state index is 13.5. The summed E-state index contributed by atoms with van der Waals surface area (Å²) < 4.78 is 63.7. The Morgan fingerprint density at radius 2 is 1.75 bits per heavy atom. The van der Waals surface area contributed by atoms with Gasteiger partial charge in [-0.15, -0.1) is 0 Å². The Morgan fingerprint density at radius 3 is 2.30 bits per heavy atom. The van der Waals surface area contributed by atoms with Crippen LogP contribution < -0.4 is 5.73 Å². The lowest BCUT2D eigenvalue weighted by Gasteiger charge is -2.13. The third-order valence-corrected chi connectivity index (χ3v) is 2.73. The van der Waals surface area contributed by atoms with Crippen LogP contribution in [0, 0.1) is 11.6 Å². The van der Waals surface area contributed by atoms with E-state index in [9.17, 15) is 22.0 Å². The van der Waals surface area contributed by atoms with Gasteiger partial charge < -0.3 is 5.73 Å². The lowest BCUT2D eigenvalue weighted by atomic mass is 10.0. The predicted molar refractivity (Wildman–Crippen MR) is 61.6 cm³/mol. The molecule has 1 unspecified atom stereocenters. The van der Waals surface area contributed by atoms with Crippen LogP contribution in [0.4, 0.5) is 22.0 Å². The zero-order valence-corrected chi connectivity index (χ0v) is 9.96. The van der Waals surface area contributed by atoms with E-state index < -0.39 is 29.4 Å². The zero-order chi connectivity index (χ0) is 14.9. The van der Waals surface area contributed by atoms with E-state index in [-0.39, 0.29) is 11.3 Å². The van der Waals surface area contributed by atoms with Gasteiger partial charge in [-0.1, -0.05) is 0 Å². The van der Waals surface area contributed by atoms with Crippen molar-refractivity contribution in [1.82, 2.24) is 4.98 Å². The third-order valence-electron chi connectivity index (χ3n) is 2.73. The molecule has 0 aliphatic carbocycles. The highest BCUT2D eigenvalue weighted by Crippen LogP contribution is 2.29. The van der Waals surface area contributed by atoms with Crippen LogP contribution >= 0.6 is 0 Å². The second kappa shape index (κ2) is 5.16. The first-order chi connectivity index (χ1) is 9.29. The number of aromatic nitrogens is 1. The fourth-order valence-corrected chi connectivity index (χ4v) is 1.67. The standard InChI is InChI=1S/C13H9F5N2/c14-8-2-3-10(15)9(5-8)12(19)11-4-1-7(6-20-11)13(16,17)18/h1-6,12H,19H2. The van der Waals surface area contributed by atoms with Gasteiger partial charge in [0.25, 0.3) is 0 Å². The molecule has 7 heteroatoms. The summed E-state index contributed by atoms with van der Waals surface area (Å²) in [6, 6.07) is 3.39. The van der Waals surface area contributed by atoms with Gasteiger partial charge in [0.1, 0.15) is 11.6 Å². The van der Waals surface area contributed by atoms with Crippen molar-refractivity contribution in [2.75, 3.05) is 0 Å². The normalized spacial score (nSPS) is 13.3. The molecule has 1 heterocycles. The van der Waals surface area contributed by atoms with Gasteiger partial charge in [0.15, 0.2) is 0 Å². The van der Waals surface area contributed by atoms with Crippen LogP contribution in [0.25, 0.3) is 0 Å². The monoisotopic (exact) mass is 288 g/mol. The minimum absolute atomic E-state index is 0.0162. The molecule has 0 aliphatic rings. The summed E-state index contributed by atoms with van der Waals surface area (Å²) in [4.78, 5) is 3.56. The summed E-state index contributed by atoms with van der Waals surface area (Å²) in [5.41, 5.74) is 4.60. The molecule has 2 aromatic rings. The van der Waals surface area contributed by atoms with Crippen LogP contribution in [-0.4, -0.2) is 4.98 Å². The summed E-state index contributed by atoms with van der Waals surface area (Å²) in [5.74, 6) is -1.44. The van der Waals surface area contributed by atoms with Gasteiger partial charge in [0.2, 0.25) is 0 Å². The Kier molecular flexibility index (Phi) is 3.71. The molecule has 0 amide bonds. The highest BCUT2D eigenvalue weighted by Gasteiger charge is 2.31. The predicted octanol–water partition coefficient (Wildman–Crippen LogP) is 3.43. The smallest absolute Gasteiger partial charge is 0.319 e. The number of hydrogen-bond donors (Lipinski definition) is 1. The van der Waals surface area contributed by atoms with E-state index >= 15 is 0 Å². The molecule has 1 aromatic carbocycles. The molecule has 0 saturated heterocycles. The second-order valence-corrected chi connectivity index (χ2v) is 4.11. The molecule has 2 N–H and O–H groups in total. The summed E-state index contributed by atoms with van der Waals surface area (Å²) >= 11 is 0. The molecule has 0 spiro atoms. The molecule has 1 aromatic heterocycles. The van der Waals surface area contributed by atoms with E-state index in [0.29, 0.717) is 6.20 Å². The Bertz CT molecular complexity index is 607. The van der Waals surface area contributed by atoms with Crippen molar-refractivity contribution in [2.45, 2.75) is 12.2 Å². The summed E-state index contributed by atoms with van der Waals surface area (Å²) in [7, 11) is 0. The average Bonchev–Trinajstić information content (AvgIpc) is 2.40. The zero-order valence-electron chi connectivity index (χ0n) is 9.96. The fraction of sp³-hybridized carbons (Fsp3) is 0.154. The van der Waals surface area contributed by atoms with Gasteiger partial charge in [-0.05, 0) is 30.3 Å². The van der Waals surface area contributed by atoms with Crippen LogP contribution in [0.1, 0.15) is 22.9 Å². The van der Waals surface area contributed by atoms with Crippen LogP contribution in [0.3, 0.4) is 0 Å². The minimum atomic E-state index is -4.51. The summed E-state index contributed by atoms with van der Waals surface area (Å²) in [6.07, 6.45) is -3.91. The Hall–Kier alpha value is -2.02. The summed E-state index contributed by atoms with van der Waals surface area (Å²) in [6.45, 7) is 0. The number of nitrogens with zero attached hydrogens (tertiary/aromatic N) is 1. The lowest BCUT2D eigenvalue weighted by Crippen LogP contribution is -2.16. The number of alkyl halides is 3. The Balaban J connectivity index is 2.34. The first kappa shape index (κ1) is 14.4. The van der Waals surface area contributed by atoms with E-state index in [2.05, 4.69) is 4.98 Å². The second-order valence-electron chi connectivity index (χ2n) is 4.11. The molecule has 0 saturated carbocycles. The highest BCUT2D eigenvalue weighted by molar-refractivity contribution is 5.30. The molecule has 106 valence electrons. The molecule has 0 bridgehead atoms. The van der Waals surface area contributed by atoms with Crippen molar-refractivity contribution in [1.29, 1.82) is 0 Å². The third kappa shape index (κ3) is 2.93. The first-order valence-electron chi connectivity index (χ1n) is 5.52. The van der Waals surface area contributed by atoms with Crippen molar-refractivity contribution in [3.8, 4) is 0 Å². The molecule has 0 aliphatic heterocycles. The maximum absolute atomic E-state index is 13.5. The largest absolute Gasteiger partial charge is 0.417 e. The number of hydrogen-bond acceptors (Lipinski definition) is 2. The molecular weight excluding hydrogens is 279 g/mol. The van der Waals surface area contributed by atoms with E-state index in [0.717, 1.165) is 30.3 Å². The van der Waals surface area contributed by atoms with Crippen molar-refractivity contribution in [3.05, 3.63) is 65.0 Å². The van der Waals surface area contributed by atoms with Gasteiger partial charge in [0, 0.05) is 11.8 Å². The molecule has 2 rings (SSSR count). The average molecular weight is 288 g/mol. The van der Waals surface area contributed by atoms with Crippen molar-refractivity contribution in [2.24, 2.45) is 5.73 Å². The number of pyridine rings is 1. The topological polar surface area (TPSA) is 38.9 Å². The molecule has 20 heavy (non-hydrogen) atoms. The highest BCUT2D eigenvalue weighted by atomic mass is 19.4. The van der Waals surface area contributed by atoms with E-state index in [1.54, 1.807) is 0 Å². The minimum Gasteiger partial charge on any atom is -0.319 e. The summed E-state index contributed by atoms with van der Waals surface area (Å²) in [5, 5.41) is 0. The van der Waals surface area contributed by atoms with Gasteiger partial charge in [-0.2, -0.15) is 13.2 Å². The van der Waals surface area contributed by atoms with Gasteiger partial charge in [0.05, 0.1) is 17.3 Å². The molecule has 1 atom stereocenters. The number of halogens is 5. The SMILES string of the molecule is NC(c1ccc(C(F)(F)F)cn1)c1cc(F)ccc1F. The maximum Gasteiger partial charge on any atom is 0.417 e. The Morgan fingerprint density at radius 1 is 1.05 bits per heavy atom. The van der Waals surface area contributed by atoms with Gasteiger partial charge in [-0.3, -0.25) is 4.98 Å². The van der Waals surface area contributed by atoms with E-state index in [1.807, 2.05) is 0 Å².